The van der Waals surface area contributed by atoms with Crippen LogP contribution in [0.15, 0.2) is 0 Å². The van der Waals surface area contributed by atoms with Gasteiger partial charge in [-0.25, -0.2) is 13.6 Å². The number of carboxylic acid groups (broad SMARTS) is 1. The molecule has 0 bridgehead atoms. The molecule has 19 heavy (non-hydrogen) atoms. The third kappa shape index (κ3) is 5.40. The molecule has 1 aliphatic rings. The van der Waals surface area contributed by atoms with Crippen LogP contribution in [0.3, 0.4) is 0 Å². The second kappa shape index (κ2) is 7.25. The van der Waals surface area contributed by atoms with Gasteiger partial charge in [-0.1, -0.05) is 6.92 Å². The molecule has 2 N–H and O–H groups in total. The molecule has 0 aromatic carbocycles. The Morgan fingerprint density at radius 3 is 2.74 bits per heavy atom. The summed E-state index contributed by atoms with van der Waals surface area (Å²) in [6.07, 6.45) is -0.850. The van der Waals surface area contributed by atoms with E-state index in [-0.39, 0.29) is 18.3 Å². The van der Waals surface area contributed by atoms with Crippen molar-refractivity contribution in [1.29, 1.82) is 0 Å². The van der Waals surface area contributed by atoms with Crippen LogP contribution in [0.5, 0.6) is 0 Å². The maximum atomic E-state index is 12.0. The summed E-state index contributed by atoms with van der Waals surface area (Å²) in [5, 5.41) is 10.9. The zero-order valence-corrected chi connectivity index (χ0v) is 10.9. The van der Waals surface area contributed by atoms with E-state index in [9.17, 15) is 18.4 Å². The number of likely N-dealkylation sites (tertiary alicyclic amines) is 1. The Hall–Kier alpha value is -1.40. The lowest BCUT2D eigenvalue weighted by molar-refractivity contribution is -0.138. The van der Waals surface area contributed by atoms with Crippen molar-refractivity contribution in [1.82, 2.24) is 10.2 Å². The van der Waals surface area contributed by atoms with E-state index in [2.05, 4.69) is 5.32 Å². The minimum atomic E-state index is -2.56. The number of piperidine rings is 1. The first-order valence-corrected chi connectivity index (χ1v) is 6.43. The van der Waals surface area contributed by atoms with E-state index in [0.29, 0.717) is 13.1 Å². The maximum absolute atomic E-state index is 12.0. The molecule has 0 spiro atoms. The number of carbonyl (C=O) groups excluding carboxylic acids is 1. The molecule has 1 saturated heterocycles. The van der Waals surface area contributed by atoms with Crippen molar-refractivity contribution in [3.05, 3.63) is 0 Å². The molecule has 0 aromatic heterocycles. The van der Waals surface area contributed by atoms with E-state index in [4.69, 9.17) is 5.11 Å². The molecule has 0 aliphatic carbocycles. The summed E-state index contributed by atoms with van der Waals surface area (Å²) in [7, 11) is 0. The molecule has 2 unspecified atom stereocenters. The SMILES string of the molecule is CC(CC(=O)O)C1CCCN(C(=O)NCC(F)F)C1. The predicted octanol–water partition coefficient (Wildman–Crippen LogP) is 1.78. The molecule has 1 fully saturated rings. The molecule has 1 heterocycles. The summed E-state index contributed by atoms with van der Waals surface area (Å²) in [6.45, 7) is 2.17. The monoisotopic (exact) mass is 278 g/mol. The third-order valence-corrected chi connectivity index (χ3v) is 3.45. The Morgan fingerprint density at radius 2 is 2.16 bits per heavy atom. The lowest BCUT2D eigenvalue weighted by Gasteiger charge is -2.35. The van der Waals surface area contributed by atoms with Crippen LogP contribution in [0, 0.1) is 11.8 Å². The number of urea groups is 1. The average molecular weight is 278 g/mol. The summed E-state index contributed by atoms with van der Waals surface area (Å²) in [5.74, 6) is -0.767. The van der Waals surface area contributed by atoms with E-state index in [1.54, 1.807) is 0 Å². The zero-order chi connectivity index (χ0) is 14.4. The highest BCUT2D eigenvalue weighted by Crippen LogP contribution is 2.26. The van der Waals surface area contributed by atoms with Gasteiger partial charge in [0, 0.05) is 19.5 Å². The van der Waals surface area contributed by atoms with E-state index in [1.165, 1.54) is 4.90 Å². The van der Waals surface area contributed by atoms with Crippen LogP contribution < -0.4 is 5.32 Å². The van der Waals surface area contributed by atoms with Crippen LogP contribution in [-0.2, 0) is 4.79 Å². The number of rotatable bonds is 5. The van der Waals surface area contributed by atoms with Gasteiger partial charge in [-0.3, -0.25) is 4.79 Å². The van der Waals surface area contributed by atoms with Gasteiger partial charge < -0.3 is 15.3 Å². The minimum Gasteiger partial charge on any atom is -0.481 e. The number of aliphatic carboxylic acids is 1. The number of carbonyl (C=O) groups is 2. The van der Waals surface area contributed by atoms with Gasteiger partial charge in [-0.15, -0.1) is 0 Å². The van der Waals surface area contributed by atoms with Crippen molar-refractivity contribution in [2.24, 2.45) is 11.8 Å². The highest BCUT2D eigenvalue weighted by molar-refractivity contribution is 5.74. The summed E-state index contributed by atoms with van der Waals surface area (Å²) in [4.78, 5) is 23.8. The lowest BCUT2D eigenvalue weighted by atomic mass is 9.85. The number of hydrogen-bond acceptors (Lipinski definition) is 2. The Morgan fingerprint density at radius 1 is 1.47 bits per heavy atom. The number of amides is 2. The second-order valence-corrected chi connectivity index (χ2v) is 5.00. The molecule has 1 rings (SSSR count). The Labute approximate surface area is 111 Å². The van der Waals surface area contributed by atoms with Gasteiger partial charge in [-0.2, -0.15) is 0 Å². The molecule has 5 nitrogen and oxygen atoms in total. The van der Waals surface area contributed by atoms with Crippen molar-refractivity contribution in [3.8, 4) is 0 Å². The molecule has 0 saturated carbocycles. The fourth-order valence-corrected chi connectivity index (χ4v) is 2.38. The van der Waals surface area contributed by atoms with Gasteiger partial charge in [0.05, 0.1) is 6.54 Å². The number of halogens is 2. The first kappa shape index (κ1) is 15.7. The molecule has 110 valence electrons. The van der Waals surface area contributed by atoms with Crippen LogP contribution >= 0.6 is 0 Å². The van der Waals surface area contributed by atoms with Crippen LogP contribution in [0.2, 0.25) is 0 Å². The molecule has 0 aromatic rings. The first-order valence-electron chi connectivity index (χ1n) is 6.43. The lowest BCUT2D eigenvalue weighted by Crippen LogP contribution is -2.47. The number of alkyl halides is 2. The standard InChI is InChI=1S/C12H20F2N2O3/c1-8(5-11(17)18)9-3-2-4-16(7-9)12(19)15-6-10(13)14/h8-10H,2-7H2,1H3,(H,15,19)(H,17,18). The van der Waals surface area contributed by atoms with Crippen LogP contribution in [0.4, 0.5) is 13.6 Å². The number of carboxylic acids is 1. The van der Waals surface area contributed by atoms with Crippen molar-refractivity contribution in [2.45, 2.75) is 32.6 Å². The third-order valence-electron chi connectivity index (χ3n) is 3.45. The van der Waals surface area contributed by atoms with E-state index in [1.807, 2.05) is 6.92 Å². The Balaban J connectivity index is 2.45. The van der Waals surface area contributed by atoms with E-state index in [0.717, 1.165) is 12.8 Å². The normalized spacial score (nSPS) is 21.3. The maximum Gasteiger partial charge on any atom is 0.317 e. The summed E-state index contributed by atoms with van der Waals surface area (Å²) in [5.41, 5.74) is 0. The highest BCUT2D eigenvalue weighted by atomic mass is 19.3. The number of nitrogens with one attached hydrogen (secondary N) is 1. The number of nitrogens with zero attached hydrogens (tertiary/aromatic N) is 1. The van der Waals surface area contributed by atoms with E-state index >= 15 is 0 Å². The quantitative estimate of drug-likeness (QED) is 0.805. The highest BCUT2D eigenvalue weighted by Gasteiger charge is 2.28. The van der Waals surface area contributed by atoms with E-state index < -0.39 is 25.0 Å². The molecule has 2 atom stereocenters. The molecule has 0 radical (unpaired) electrons. The van der Waals surface area contributed by atoms with Gasteiger partial charge in [-0.05, 0) is 24.7 Å². The minimum absolute atomic E-state index is 0.0248. The average Bonchev–Trinajstić information content (AvgIpc) is 2.35. The fourth-order valence-electron chi connectivity index (χ4n) is 2.38. The molecule has 7 heteroatoms. The van der Waals surface area contributed by atoms with Crippen LogP contribution in [0.25, 0.3) is 0 Å². The van der Waals surface area contributed by atoms with Gasteiger partial charge in [0.25, 0.3) is 6.43 Å². The fraction of sp³-hybridized carbons (Fsp3) is 0.833. The van der Waals surface area contributed by atoms with Gasteiger partial charge in [0.1, 0.15) is 0 Å². The van der Waals surface area contributed by atoms with Gasteiger partial charge >= 0.3 is 12.0 Å². The summed E-state index contributed by atoms with van der Waals surface area (Å²) in [6, 6.07) is -0.493. The molecular formula is C12H20F2N2O3. The van der Waals surface area contributed by atoms with Gasteiger partial charge in [0.15, 0.2) is 0 Å². The largest absolute Gasteiger partial charge is 0.481 e. The van der Waals surface area contributed by atoms with Crippen molar-refractivity contribution in [3.63, 3.8) is 0 Å². The first-order chi connectivity index (χ1) is 8.90. The molecule has 1 aliphatic heterocycles. The molecular weight excluding hydrogens is 258 g/mol. The smallest absolute Gasteiger partial charge is 0.317 e. The van der Waals surface area contributed by atoms with Crippen LogP contribution in [0.1, 0.15) is 26.2 Å². The van der Waals surface area contributed by atoms with Gasteiger partial charge in [0.2, 0.25) is 0 Å². The Kier molecular flexibility index (Phi) is 5.98. The topological polar surface area (TPSA) is 69.6 Å². The predicted molar refractivity (Wildman–Crippen MR) is 65.1 cm³/mol. The molecule has 2 amide bonds. The summed E-state index contributed by atoms with van der Waals surface area (Å²) < 4.78 is 24.0. The second-order valence-electron chi connectivity index (χ2n) is 5.00. The van der Waals surface area contributed by atoms with Crippen molar-refractivity contribution in [2.75, 3.05) is 19.6 Å². The van der Waals surface area contributed by atoms with Crippen LogP contribution in [-0.4, -0.2) is 48.1 Å². The zero-order valence-electron chi connectivity index (χ0n) is 10.9. The van der Waals surface area contributed by atoms with Crippen molar-refractivity contribution >= 4 is 12.0 Å². The number of hydrogen-bond donors (Lipinski definition) is 2. The summed E-state index contributed by atoms with van der Waals surface area (Å²) >= 11 is 0. The van der Waals surface area contributed by atoms with Crippen molar-refractivity contribution < 1.29 is 23.5 Å². The Bertz CT molecular complexity index is 326.